The van der Waals surface area contributed by atoms with Gasteiger partial charge in [-0.2, -0.15) is 15.2 Å². The number of hydrogen-bond acceptors (Lipinski definition) is 7. The molecule has 10 nitrogen and oxygen atoms in total. The molecule has 0 aliphatic heterocycles. The molecule has 0 atom stereocenters. The maximum Gasteiger partial charge on any atom is 0.262 e. The summed E-state index contributed by atoms with van der Waals surface area (Å²) in [6, 6.07) is 11.9. The molecule has 2 N–H and O–H groups in total. The Kier molecular flexibility index (Phi) is 4.87. The molecule has 2 aromatic carbocycles. The van der Waals surface area contributed by atoms with E-state index in [9.17, 15) is 12.8 Å². The fraction of sp³-hybridized carbons (Fsp3) is 0.0476. The summed E-state index contributed by atoms with van der Waals surface area (Å²) >= 11 is 0. The second kappa shape index (κ2) is 7.76. The van der Waals surface area contributed by atoms with Gasteiger partial charge in [-0.25, -0.2) is 22.6 Å². The van der Waals surface area contributed by atoms with Crippen LogP contribution in [-0.2, 0) is 17.1 Å². The van der Waals surface area contributed by atoms with Gasteiger partial charge in [0.1, 0.15) is 5.82 Å². The van der Waals surface area contributed by atoms with Crippen molar-refractivity contribution in [3.63, 3.8) is 0 Å². The van der Waals surface area contributed by atoms with Crippen LogP contribution in [0.25, 0.3) is 39.8 Å². The van der Waals surface area contributed by atoms with Crippen LogP contribution in [0.2, 0.25) is 0 Å². The van der Waals surface area contributed by atoms with E-state index < -0.39 is 10.0 Å². The number of primary sulfonamides is 1. The monoisotopic (exact) mass is 465 g/mol. The van der Waals surface area contributed by atoms with Crippen LogP contribution in [0.5, 0.6) is 0 Å². The van der Waals surface area contributed by atoms with Crippen molar-refractivity contribution in [2.75, 3.05) is 0 Å². The van der Waals surface area contributed by atoms with E-state index in [1.54, 1.807) is 59.3 Å². The molecule has 0 saturated carbocycles. The average molecular weight is 465 g/mol. The highest BCUT2D eigenvalue weighted by Crippen LogP contribution is 2.32. The number of nitrogens with zero attached hydrogens (tertiary/aromatic N) is 6. The van der Waals surface area contributed by atoms with Crippen molar-refractivity contribution in [3.8, 4) is 39.8 Å². The van der Waals surface area contributed by atoms with E-state index in [0.717, 1.165) is 5.56 Å². The van der Waals surface area contributed by atoms with Gasteiger partial charge < -0.3 is 4.52 Å². The lowest BCUT2D eigenvalue weighted by molar-refractivity contribution is 0.432. The van der Waals surface area contributed by atoms with Crippen molar-refractivity contribution in [2.24, 2.45) is 12.2 Å². The van der Waals surface area contributed by atoms with Crippen molar-refractivity contribution in [1.82, 2.24) is 29.7 Å². The molecule has 0 bridgehead atoms. The Morgan fingerprint density at radius 3 is 2.58 bits per heavy atom. The third-order valence-corrected chi connectivity index (χ3v) is 5.87. The van der Waals surface area contributed by atoms with Gasteiger partial charge in [-0.15, -0.1) is 0 Å². The molecule has 0 unspecified atom stereocenters. The number of rotatable bonds is 5. The van der Waals surface area contributed by atoms with E-state index >= 15 is 0 Å². The lowest BCUT2D eigenvalue weighted by Gasteiger charge is -2.02. The van der Waals surface area contributed by atoms with E-state index in [-0.39, 0.29) is 22.4 Å². The van der Waals surface area contributed by atoms with Crippen molar-refractivity contribution in [1.29, 1.82) is 0 Å². The molecule has 0 fully saturated rings. The zero-order chi connectivity index (χ0) is 23.2. The summed E-state index contributed by atoms with van der Waals surface area (Å²) in [7, 11) is -2.11. The second-order valence-corrected chi connectivity index (χ2v) is 8.74. The molecule has 0 saturated heterocycles. The van der Waals surface area contributed by atoms with Crippen LogP contribution in [0.15, 0.2) is 76.5 Å². The van der Waals surface area contributed by atoms with Crippen LogP contribution in [0.1, 0.15) is 0 Å². The van der Waals surface area contributed by atoms with E-state index in [2.05, 4.69) is 20.3 Å². The number of halogens is 1. The summed E-state index contributed by atoms with van der Waals surface area (Å²) in [6.07, 6.45) is 5.01. The van der Waals surface area contributed by atoms with Crippen LogP contribution in [0.4, 0.5) is 4.39 Å². The number of sulfonamides is 1. The smallest absolute Gasteiger partial charge is 0.262 e. The minimum absolute atomic E-state index is 0.0541. The van der Waals surface area contributed by atoms with Gasteiger partial charge in [-0.05, 0) is 36.4 Å². The molecular formula is C21H16FN7O3S. The molecule has 3 aromatic heterocycles. The third-order valence-electron chi connectivity index (χ3n) is 4.96. The minimum Gasteiger partial charge on any atom is -0.333 e. The molecule has 0 amide bonds. The Labute approximate surface area is 187 Å². The van der Waals surface area contributed by atoms with Gasteiger partial charge in [0.15, 0.2) is 0 Å². The molecule has 166 valence electrons. The summed E-state index contributed by atoms with van der Waals surface area (Å²) in [5.74, 6) is 0.0674. The van der Waals surface area contributed by atoms with Crippen molar-refractivity contribution >= 4 is 10.0 Å². The van der Waals surface area contributed by atoms with Gasteiger partial charge in [-0.1, -0.05) is 17.3 Å². The minimum atomic E-state index is -3.87. The first-order valence-electron chi connectivity index (χ1n) is 9.60. The standard InChI is InChI=1S/C21H16FN7O3S/c1-28-19(14-10-25-29(12-14)16-7-5-15(22)6-8-16)18(11-24-28)21-26-20(27-32-21)13-3-2-4-17(9-13)33(23,30)31/h2-12H,1H3,(H2,23,30,31). The van der Waals surface area contributed by atoms with Crippen LogP contribution in [-0.4, -0.2) is 38.1 Å². The molecule has 33 heavy (non-hydrogen) atoms. The first-order chi connectivity index (χ1) is 15.8. The molecule has 5 rings (SSSR count). The molecule has 3 heterocycles. The van der Waals surface area contributed by atoms with E-state index in [1.807, 2.05) is 0 Å². The predicted molar refractivity (Wildman–Crippen MR) is 116 cm³/mol. The van der Waals surface area contributed by atoms with Crippen molar-refractivity contribution < 1.29 is 17.3 Å². The molecule has 0 radical (unpaired) electrons. The SMILES string of the molecule is Cn1ncc(-c2nc(-c3cccc(S(N)(=O)=O)c3)no2)c1-c1cnn(-c2ccc(F)cc2)c1. The third kappa shape index (κ3) is 3.92. The molecular weight excluding hydrogens is 449 g/mol. The summed E-state index contributed by atoms with van der Waals surface area (Å²) in [5.41, 5.74) is 3.10. The lowest BCUT2D eigenvalue weighted by atomic mass is 10.1. The second-order valence-electron chi connectivity index (χ2n) is 7.18. The normalized spacial score (nSPS) is 11.7. The molecule has 12 heteroatoms. The number of benzene rings is 2. The molecule has 0 aliphatic carbocycles. The van der Waals surface area contributed by atoms with Crippen molar-refractivity contribution in [3.05, 3.63) is 72.9 Å². The summed E-state index contributed by atoms with van der Waals surface area (Å²) < 4.78 is 45.2. The fourth-order valence-corrected chi connectivity index (χ4v) is 3.94. The van der Waals surface area contributed by atoms with Crippen LogP contribution < -0.4 is 5.14 Å². The largest absolute Gasteiger partial charge is 0.333 e. The topological polar surface area (TPSA) is 135 Å². The van der Waals surface area contributed by atoms with E-state index in [1.165, 1.54) is 24.3 Å². The number of aryl methyl sites for hydroxylation is 1. The van der Waals surface area contributed by atoms with Crippen LogP contribution in [0.3, 0.4) is 0 Å². The summed E-state index contributed by atoms with van der Waals surface area (Å²) in [5, 5.41) is 17.8. The quantitative estimate of drug-likeness (QED) is 0.422. The summed E-state index contributed by atoms with van der Waals surface area (Å²) in [4.78, 5) is 4.36. The predicted octanol–water partition coefficient (Wildman–Crippen LogP) is 2.78. The lowest BCUT2D eigenvalue weighted by Crippen LogP contribution is -2.11. The number of aromatic nitrogens is 6. The van der Waals surface area contributed by atoms with Gasteiger partial charge in [-0.3, -0.25) is 4.68 Å². The van der Waals surface area contributed by atoms with Gasteiger partial charge in [0.05, 0.1) is 34.2 Å². The first kappa shape index (κ1) is 20.7. The van der Waals surface area contributed by atoms with Gasteiger partial charge >= 0.3 is 0 Å². The van der Waals surface area contributed by atoms with E-state index in [4.69, 9.17) is 9.66 Å². The number of nitrogens with two attached hydrogens (primary N) is 1. The van der Waals surface area contributed by atoms with Gasteiger partial charge in [0.25, 0.3) is 5.89 Å². The Hall–Kier alpha value is -4.16. The van der Waals surface area contributed by atoms with Crippen molar-refractivity contribution in [2.45, 2.75) is 4.90 Å². The Balaban J connectivity index is 1.52. The molecule has 5 aromatic rings. The fourth-order valence-electron chi connectivity index (χ4n) is 3.38. The Bertz CT molecular complexity index is 1570. The first-order valence-corrected chi connectivity index (χ1v) is 11.1. The summed E-state index contributed by atoms with van der Waals surface area (Å²) in [6.45, 7) is 0. The van der Waals surface area contributed by atoms with E-state index in [0.29, 0.717) is 22.5 Å². The van der Waals surface area contributed by atoms with Gasteiger partial charge in [0.2, 0.25) is 15.8 Å². The van der Waals surface area contributed by atoms with Gasteiger partial charge in [0, 0.05) is 24.4 Å². The maximum absolute atomic E-state index is 13.2. The van der Waals surface area contributed by atoms with Crippen LogP contribution >= 0.6 is 0 Å². The molecule has 0 spiro atoms. The Morgan fingerprint density at radius 2 is 1.82 bits per heavy atom. The molecule has 0 aliphatic rings. The zero-order valence-corrected chi connectivity index (χ0v) is 17.9. The number of hydrogen-bond donors (Lipinski definition) is 1. The Morgan fingerprint density at radius 1 is 1.03 bits per heavy atom. The van der Waals surface area contributed by atoms with Crippen LogP contribution in [0, 0.1) is 5.82 Å². The highest BCUT2D eigenvalue weighted by molar-refractivity contribution is 7.89. The highest BCUT2D eigenvalue weighted by atomic mass is 32.2. The highest BCUT2D eigenvalue weighted by Gasteiger charge is 2.21. The maximum atomic E-state index is 13.2. The average Bonchev–Trinajstić information content (AvgIpc) is 3.53. The zero-order valence-electron chi connectivity index (χ0n) is 17.1.